The smallest absolute Gasteiger partial charge is 0.330 e. The van der Waals surface area contributed by atoms with Crippen molar-refractivity contribution >= 4 is 0 Å². The van der Waals surface area contributed by atoms with Gasteiger partial charge in [-0.15, -0.1) is 5.10 Å². The summed E-state index contributed by atoms with van der Waals surface area (Å²) < 4.78 is 13.9. The molecule has 1 fully saturated rings. The van der Waals surface area contributed by atoms with Gasteiger partial charge in [-0.1, -0.05) is 35.5 Å². The summed E-state index contributed by atoms with van der Waals surface area (Å²) in [5.41, 5.74) is -0.565. The Morgan fingerprint density at radius 3 is 2.58 bits per heavy atom. The maximum absolute atomic E-state index is 12.1. The summed E-state index contributed by atoms with van der Waals surface area (Å²) in [7, 11) is 0. The van der Waals surface area contributed by atoms with E-state index in [9.17, 15) is 24.9 Å². The molecule has 0 saturated carbocycles. The predicted molar refractivity (Wildman–Crippen MR) is 124 cm³/mol. The van der Waals surface area contributed by atoms with Crippen LogP contribution in [0.25, 0.3) is 0 Å². The molecule has 0 aliphatic carbocycles. The number of para-hydroxylation sites is 1. The topological polar surface area (TPSA) is 165 Å². The van der Waals surface area contributed by atoms with Gasteiger partial charge < -0.3 is 24.8 Å². The van der Waals surface area contributed by atoms with Crippen molar-refractivity contribution in [3.63, 3.8) is 0 Å². The van der Waals surface area contributed by atoms with E-state index in [0.717, 1.165) is 10.6 Å². The summed E-state index contributed by atoms with van der Waals surface area (Å²) in [6.07, 6.45) is -3.29. The lowest BCUT2D eigenvalue weighted by Gasteiger charge is -2.16. The summed E-state index contributed by atoms with van der Waals surface area (Å²) in [4.78, 5) is 25.4. The third kappa shape index (κ3) is 4.83. The minimum absolute atomic E-state index is 0.0102. The molecule has 12 heteroatoms. The number of aromatic amines is 1. The lowest BCUT2D eigenvalue weighted by atomic mass is 10.1. The Balaban J connectivity index is 1.28. The number of nitrogens with zero attached hydrogens (tertiary/aromatic N) is 4. The Hall–Kier alpha value is -4.10. The average molecular weight is 493 g/mol. The van der Waals surface area contributed by atoms with Gasteiger partial charge in [-0.05, 0) is 29.8 Å². The highest BCUT2D eigenvalue weighted by atomic mass is 16.6. The number of aromatic nitrogens is 5. The van der Waals surface area contributed by atoms with Crippen molar-refractivity contribution in [3.8, 4) is 11.5 Å². The van der Waals surface area contributed by atoms with Crippen LogP contribution >= 0.6 is 0 Å². The predicted octanol–water partition coefficient (Wildman–Crippen LogP) is 0.321. The highest BCUT2D eigenvalue weighted by Crippen LogP contribution is 2.30. The van der Waals surface area contributed by atoms with Gasteiger partial charge >= 0.3 is 5.69 Å². The summed E-state index contributed by atoms with van der Waals surface area (Å²) in [6, 6.07) is 17.3. The molecule has 5 atom stereocenters. The molecule has 1 aliphatic heterocycles. The Morgan fingerprint density at radius 1 is 1.03 bits per heavy atom. The van der Waals surface area contributed by atoms with E-state index in [1.165, 1.54) is 17.1 Å². The van der Waals surface area contributed by atoms with Crippen molar-refractivity contribution in [3.05, 3.63) is 105 Å². The molecule has 1 saturated heterocycles. The van der Waals surface area contributed by atoms with Crippen LogP contribution in [0.1, 0.15) is 23.6 Å². The fraction of sp³-hybridized carbons (Fsp3) is 0.250. The molecule has 186 valence electrons. The van der Waals surface area contributed by atoms with Crippen LogP contribution in [0.4, 0.5) is 0 Å². The largest absolute Gasteiger partial charge is 0.457 e. The number of hydrogen-bond acceptors (Lipinski definition) is 9. The third-order valence-corrected chi connectivity index (χ3v) is 5.82. The first-order chi connectivity index (χ1) is 17.4. The lowest BCUT2D eigenvalue weighted by Crippen LogP contribution is -2.37. The first kappa shape index (κ1) is 23.6. The van der Waals surface area contributed by atoms with Crippen LogP contribution in [0.15, 0.2) is 82.6 Å². The summed E-state index contributed by atoms with van der Waals surface area (Å²) in [5, 5.41) is 39.7. The van der Waals surface area contributed by atoms with Gasteiger partial charge in [0, 0.05) is 12.3 Å². The molecule has 36 heavy (non-hydrogen) atoms. The average Bonchev–Trinajstić information content (AvgIpc) is 3.45. The molecular weight excluding hydrogens is 470 g/mol. The van der Waals surface area contributed by atoms with E-state index in [0.29, 0.717) is 17.1 Å². The van der Waals surface area contributed by atoms with E-state index in [-0.39, 0.29) is 12.2 Å². The molecule has 4 aromatic rings. The van der Waals surface area contributed by atoms with E-state index >= 15 is 0 Å². The van der Waals surface area contributed by atoms with Crippen LogP contribution < -0.4 is 16.0 Å². The molecule has 4 N–H and O–H groups in total. The van der Waals surface area contributed by atoms with E-state index < -0.39 is 41.9 Å². The molecule has 12 nitrogen and oxygen atoms in total. The van der Waals surface area contributed by atoms with E-state index in [4.69, 9.17) is 9.47 Å². The highest BCUT2D eigenvalue weighted by molar-refractivity contribution is 5.36. The second kappa shape index (κ2) is 9.87. The zero-order chi connectivity index (χ0) is 25.2. The SMILES string of the molecule is O=c1ccn([C@@H]2O[C@H](Cn3cc(C(O)c4cccc(Oc5ccccc5)c4)nn3)[C@@H](O)[C@H]2O)c(=O)[nH]1. The Bertz CT molecular complexity index is 1450. The van der Waals surface area contributed by atoms with Crippen LogP contribution in [0.3, 0.4) is 0 Å². The molecule has 0 amide bonds. The van der Waals surface area contributed by atoms with Crippen molar-refractivity contribution in [1.29, 1.82) is 0 Å². The van der Waals surface area contributed by atoms with Crippen molar-refractivity contribution in [2.24, 2.45) is 0 Å². The number of ether oxygens (including phenoxy) is 2. The highest BCUT2D eigenvalue weighted by Gasteiger charge is 2.44. The minimum Gasteiger partial charge on any atom is -0.457 e. The van der Waals surface area contributed by atoms with E-state index in [1.54, 1.807) is 24.3 Å². The molecule has 0 radical (unpaired) electrons. The van der Waals surface area contributed by atoms with Gasteiger partial charge in [0.25, 0.3) is 5.56 Å². The third-order valence-electron chi connectivity index (χ3n) is 5.82. The summed E-state index contributed by atoms with van der Waals surface area (Å²) in [6.45, 7) is -0.0102. The normalized spacial score (nSPS) is 22.4. The molecule has 1 unspecified atom stereocenters. The van der Waals surface area contributed by atoms with Crippen molar-refractivity contribution in [1.82, 2.24) is 24.5 Å². The second-order valence-electron chi connectivity index (χ2n) is 8.32. The lowest BCUT2D eigenvalue weighted by molar-refractivity contribution is -0.0450. The fourth-order valence-corrected chi connectivity index (χ4v) is 3.99. The maximum Gasteiger partial charge on any atom is 0.330 e. The number of hydrogen-bond donors (Lipinski definition) is 4. The monoisotopic (exact) mass is 493 g/mol. The van der Waals surface area contributed by atoms with Crippen LogP contribution in [0.5, 0.6) is 11.5 Å². The molecule has 0 bridgehead atoms. The van der Waals surface area contributed by atoms with Gasteiger partial charge in [0.15, 0.2) is 6.23 Å². The second-order valence-corrected chi connectivity index (χ2v) is 8.32. The number of nitrogens with one attached hydrogen (secondary N) is 1. The first-order valence-corrected chi connectivity index (χ1v) is 11.1. The van der Waals surface area contributed by atoms with Gasteiger partial charge in [-0.2, -0.15) is 0 Å². The number of rotatable bonds is 7. The Kier molecular flexibility index (Phi) is 6.48. The zero-order valence-corrected chi connectivity index (χ0v) is 18.8. The number of aliphatic hydroxyl groups is 3. The molecular formula is C24H23N5O7. The Labute approximate surface area is 203 Å². The number of benzene rings is 2. The van der Waals surface area contributed by atoms with Gasteiger partial charge in [0.1, 0.15) is 41.6 Å². The summed E-state index contributed by atoms with van der Waals surface area (Å²) in [5.74, 6) is 1.21. The van der Waals surface area contributed by atoms with Gasteiger partial charge in [-0.25, -0.2) is 9.48 Å². The fourth-order valence-electron chi connectivity index (χ4n) is 3.99. The number of H-pyrrole nitrogens is 1. The van der Waals surface area contributed by atoms with Crippen LogP contribution in [-0.2, 0) is 11.3 Å². The molecule has 2 aromatic heterocycles. The minimum atomic E-state index is -1.42. The van der Waals surface area contributed by atoms with E-state index in [2.05, 4.69) is 15.3 Å². The molecule has 1 aliphatic rings. The van der Waals surface area contributed by atoms with Crippen LogP contribution in [-0.4, -0.2) is 58.2 Å². The molecule has 0 spiro atoms. The summed E-state index contributed by atoms with van der Waals surface area (Å²) >= 11 is 0. The van der Waals surface area contributed by atoms with Gasteiger partial charge in [0.05, 0.1) is 12.7 Å². The Morgan fingerprint density at radius 2 is 1.81 bits per heavy atom. The van der Waals surface area contributed by atoms with Crippen molar-refractivity contribution in [2.75, 3.05) is 0 Å². The van der Waals surface area contributed by atoms with Crippen molar-refractivity contribution in [2.45, 2.75) is 37.2 Å². The first-order valence-electron chi connectivity index (χ1n) is 11.1. The number of aliphatic hydroxyl groups excluding tert-OH is 3. The van der Waals surface area contributed by atoms with Crippen molar-refractivity contribution < 1.29 is 24.8 Å². The maximum atomic E-state index is 12.1. The van der Waals surface area contributed by atoms with Crippen LogP contribution in [0, 0.1) is 0 Å². The van der Waals surface area contributed by atoms with Gasteiger partial charge in [0.2, 0.25) is 0 Å². The van der Waals surface area contributed by atoms with E-state index in [1.807, 2.05) is 30.3 Å². The molecule has 3 heterocycles. The van der Waals surface area contributed by atoms with Crippen LogP contribution in [0.2, 0.25) is 0 Å². The molecule has 5 rings (SSSR count). The zero-order valence-electron chi connectivity index (χ0n) is 18.8. The quantitative estimate of drug-likeness (QED) is 0.284. The van der Waals surface area contributed by atoms with Gasteiger partial charge in [-0.3, -0.25) is 14.3 Å². The molecule has 2 aromatic carbocycles. The standard InChI is InChI=1S/C24H23N5O7/c30-19-9-10-29(24(34)25-19)23-22(33)21(32)18(36-23)13-28-12-17(26-27-28)20(31)14-5-4-8-16(11-14)35-15-6-2-1-3-7-15/h1-12,18,20-23,31-33H,13H2,(H,25,30,34)/t18-,20?,21-,22-,23-/m1/s1.